The number of carbonyl (C=O) groups is 1. The van der Waals surface area contributed by atoms with Gasteiger partial charge in [-0.15, -0.1) is 0 Å². The van der Waals surface area contributed by atoms with E-state index in [-0.39, 0.29) is 10.8 Å². The van der Waals surface area contributed by atoms with Gasteiger partial charge in [-0.25, -0.2) is 8.42 Å². The Morgan fingerprint density at radius 2 is 1.74 bits per heavy atom. The lowest BCUT2D eigenvalue weighted by Gasteiger charge is -2.26. The quantitative estimate of drug-likeness (QED) is 0.486. The van der Waals surface area contributed by atoms with Crippen LogP contribution in [-0.2, 0) is 21.3 Å². The second-order valence-electron chi connectivity index (χ2n) is 8.31. The van der Waals surface area contributed by atoms with Crippen molar-refractivity contribution in [3.63, 3.8) is 0 Å². The lowest BCUT2D eigenvalue weighted by Crippen LogP contribution is -2.40. The first-order valence-electron chi connectivity index (χ1n) is 11.5. The predicted octanol–water partition coefficient (Wildman–Crippen LogP) is 3.92. The van der Waals surface area contributed by atoms with E-state index in [9.17, 15) is 13.2 Å². The maximum Gasteiger partial charge on any atom is 0.253 e. The van der Waals surface area contributed by atoms with E-state index in [2.05, 4.69) is 6.92 Å². The SMILES string of the molecule is CCCOc1ccc2ccccc2c1CN(C)C(=O)c1ccc(S(=O)(=O)N2CCOCC2)cc1. The number of morpholine rings is 1. The summed E-state index contributed by atoms with van der Waals surface area (Å²) in [6.07, 6.45) is 0.890. The molecule has 1 fully saturated rings. The minimum atomic E-state index is -3.60. The van der Waals surface area contributed by atoms with Crippen LogP contribution >= 0.6 is 0 Å². The zero-order valence-corrected chi connectivity index (χ0v) is 20.4. The summed E-state index contributed by atoms with van der Waals surface area (Å²) in [5, 5.41) is 2.13. The first-order chi connectivity index (χ1) is 16.4. The number of hydrogen-bond donors (Lipinski definition) is 0. The van der Waals surface area contributed by atoms with E-state index in [1.165, 1.54) is 16.4 Å². The van der Waals surface area contributed by atoms with Crippen molar-refractivity contribution in [1.82, 2.24) is 9.21 Å². The molecule has 1 saturated heterocycles. The van der Waals surface area contributed by atoms with Crippen molar-refractivity contribution in [2.45, 2.75) is 24.8 Å². The Kier molecular flexibility index (Phi) is 7.50. The van der Waals surface area contributed by atoms with Crippen LogP contribution in [0.15, 0.2) is 65.6 Å². The summed E-state index contributed by atoms with van der Waals surface area (Å²) in [5.74, 6) is 0.580. The lowest BCUT2D eigenvalue weighted by molar-refractivity contribution is 0.0730. The van der Waals surface area contributed by atoms with E-state index in [0.717, 1.165) is 28.5 Å². The van der Waals surface area contributed by atoms with E-state index in [1.807, 2.05) is 36.4 Å². The van der Waals surface area contributed by atoms with Crippen molar-refractivity contribution in [3.05, 3.63) is 71.8 Å². The van der Waals surface area contributed by atoms with E-state index in [1.54, 1.807) is 24.1 Å². The molecule has 0 spiro atoms. The standard InChI is InChI=1S/C26H30N2O5S/c1-3-16-33-25-13-10-20-6-4-5-7-23(20)24(25)19-27(2)26(29)21-8-11-22(12-9-21)34(30,31)28-14-17-32-18-15-28/h4-13H,3,14-19H2,1-2H3. The van der Waals surface area contributed by atoms with Crippen LogP contribution in [0.3, 0.4) is 0 Å². The Balaban J connectivity index is 1.55. The zero-order chi connectivity index (χ0) is 24.1. The van der Waals surface area contributed by atoms with E-state index >= 15 is 0 Å². The number of hydrogen-bond acceptors (Lipinski definition) is 5. The molecule has 1 aliphatic rings. The number of sulfonamides is 1. The van der Waals surface area contributed by atoms with Crippen molar-refractivity contribution >= 4 is 26.7 Å². The number of ether oxygens (including phenoxy) is 2. The van der Waals surface area contributed by atoms with Gasteiger partial charge in [0.05, 0.1) is 24.7 Å². The Morgan fingerprint density at radius 1 is 1.03 bits per heavy atom. The zero-order valence-electron chi connectivity index (χ0n) is 19.6. The van der Waals surface area contributed by atoms with Crippen LogP contribution in [0.5, 0.6) is 5.75 Å². The molecule has 1 heterocycles. The maximum atomic E-state index is 13.2. The summed E-state index contributed by atoms with van der Waals surface area (Å²) in [6.45, 7) is 4.46. The van der Waals surface area contributed by atoms with Gasteiger partial charge in [0.15, 0.2) is 0 Å². The van der Waals surface area contributed by atoms with Crippen molar-refractivity contribution < 1.29 is 22.7 Å². The van der Waals surface area contributed by atoms with Gasteiger partial charge in [-0.2, -0.15) is 4.31 Å². The van der Waals surface area contributed by atoms with E-state index < -0.39 is 10.0 Å². The van der Waals surface area contributed by atoms with E-state index in [0.29, 0.717) is 45.0 Å². The summed E-state index contributed by atoms with van der Waals surface area (Å²) in [4.78, 5) is 15.0. The molecule has 0 saturated carbocycles. The summed E-state index contributed by atoms with van der Waals surface area (Å²) >= 11 is 0. The summed E-state index contributed by atoms with van der Waals surface area (Å²) in [6, 6.07) is 18.2. The molecule has 7 nitrogen and oxygen atoms in total. The second kappa shape index (κ2) is 10.5. The van der Waals surface area contributed by atoms with Crippen molar-refractivity contribution in [1.29, 1.82) is 0 Å². The van der Waals surface area contributed by atoms with Gasteiger partial charge in [0.1, 0.15) is 5.75 Å². The van der Waals surface area contributed by atoms with E-state index in [4.69, 9.17) is 9.47 Å². The second-order valence-corrected chi connectivity index (χ2v) is 10.3. The highest BCUT2D eigenvalue weighted by Crippen LogP contribution is 2.30. The third kappa shape index (κ3) is 5.09. The number of amides is 1. The number of benzene rings is 3. The molecule has 0 N–H and O–H groups in total. The van der Waals surface area contributed by atoms with Crippen LogP contribution in [-0.4, -0.2) is 63.5 Å². The van der Waals surface area contributed by atoms with Crippen LogP contribution in [0.1, 0.15) is 29.3 Å². The molecular weight excluding hydrogens is 452 g/mol. The monoisotopic (exact) mass is 482 g/mol. The normalized spacial score (nSPS) is 14.8. The van der Waals surface area contributed by atoms with Crippen LogP contribution in [0, 0.1) is 0 Å². The van der Waals surface area contributed by atoms with Crippen LogP contribution in [0.25, 0.3) is 10.8 Å². The fraction of sp³-hybridized carbons (Fsp3) is 0.346. The highest BCUT2D eigenvalue weighted by molar-refractivity contribution is 7.89. The number of rotatable bonds is 8. The first-order valence-corrected chi connectivity index (χ1v) is 12.9. The van der Waals surface area contributed by atoms with Crippen LogP contribution < -0.4 is 4.74 Å². The highest BCUT2D eigenvalue weighted by Gasteiger charge is 2.26. The smallest absolute Gasteiger partial charge is 0.253 e. The number of fused-ring (bicyclic) bond motifs is 1. The van der Waals surface area contributed by atoms with Crippen LogP contribution in [0.2, 0.25) is 0 Å². The molecule has 1 aliphatic heterocycles. The fourth-order valence-electron chi connectivity index (χ4n) is 4.06. The molecule has 0 bridgehead atoms. The Hall–Kier alpha value is -2.94. The summed E-state index contributed by atoms with van der Waals surface area (Å²) < 4.78 is 38.3. The predicted molar refractivity (Wildman–Crippen MR) is 132 cm³/mol. The fourth-order valence-corrected chi connectivity index (χ4v) is 5.47. The number of nitrogens with zero attached hydrogens (tertiary/aromatic N) is 2. The minimum absolute atomic E-state index is 0.179. The summed E-state index contributed by atoms with van der Waals surface area (Å²) in [7, 11) is -1.86. The largest absolute Gasteiger partial charge is 0.493 e. The van der Waals surface area contributed by atoms with Gasteiger partial charge < -0.3 is 14.4 Å². The molecule has 34 heavy (non-hydrogen) atoms. The topological polar surface area (TPSA) is 76.2 Å². The minimum Gasteiger partial charge on any atom is -0.493 e. The number of carbonyl (C=O) groups excluding carboxylic acids is 1. The molecule has 3 aromatic rings. The molecule has 1 amide bonds. The lowest BCUT2D eigenvalue weighted by atomic mass is 10.0. The molecule has 0 radical (unpaired) electrons. The molecular formula is C26H30N2O5S. The maximum absolute atomic E-state index is 13.2. The molecule has 0 aliphatic carbocycles. The van der Waals surface area contributed by atoms with Gasteiger partial charge in [0.25, 0.3) is 5.91 Å². The molecule has 0 unspecified atom stereocenters. The van der Waals surface area contributed by atoms with Gasteiger partial charge in [0.2, 0.25) is 10.0 Å². The van der Waals surface area contributed by atoms with Crippen molar-refractivity contribution in [2.75, 3.05) is 40.0 Å². The third-order valence-electron chi connectivity index (χ3n) is 5.91. The molecule has 0 atom stereocenters. The molecule has 180 valence electrons. The average Bonchev–Trinajstić information content (AvgIpc) is 2.88. The molecule has 4 rings (SSSR count). The average molecular weight is 483 g/mol. The van der Waals surface area contributed by atoms with Crippen LogP contribution in [0.4, 0.5) is 0 Å². The Morgan fingerprint density at radius 3 is 2.44 bits per heavy atom. The molecule has 3 aromatic carbocycles. The summed E-state index contributed by atoms with van der Waals surface area (Å²) in [5.41, 5.74) is 1.38. The van der Waals surface area contributed by atoms with Gasteiger partial charge in [-0.1, -0.05) is 37.3 Å². The van der Waals surface area contributed by atoms with Crippen molar-refractivity contribution in [3.8, 4) is 5.75 Å². The highest BCUT2D eigenvalue weighted by atomic mass is 32.2. The third-order valence-corrected chi connectivity index (χ3v) is 7.82. The van der Waals surface area contributed by atoms with Gasteiger partial charge in [-0.05, 0) is 47.5 Å². The van der Waals surface area contributed by atoms with Gasteiger partial charge in [0, 0.05) is 37.8 Å². The Bertz CT molecular complexity index is 1250. The van der Waals surface area contributed by atoms with Gasteiger partial charge in [-0.3, -0.25) is 4.79 Å². The van der Waals surface area contributed by atoms with Crippen molar-refractivity contribution in [2.24, 2.45) is 0 Å². The molecule has 0 aromatic heterocycles. The Labute approximate surface area is 200 Å². The molecule has 8 heteroatoms. The van der Waals surface area contributed by atoms with Gasteiger partial charge >= 0.3 is 0 Å². The first kappa shape index (κ1) is 24.2.